The van der Waals surface area contributed by atoms with Gasteiger partial charge in [0.25, 0.3) is 0 Å². The Hall–Kier alpha value is -4.48. The van der Waals surface area contributed by atoms with E-state index in [1.165, 1.54) is 0 Å². The number of rotatable bonds is 21. The first kappa shape index (κ1) is 38.0. The van der Waals surface area contributed by atoms with Gasteiger partial charge in [0, 0.05) is 18.9 Å². The first-order valence-electron chi connectivity index (χ1n) is 16.5. The summed E-state index contributed by atoms with van der Waals surface area (Å²) in [7, 11) is 0. The molecule has 1 aliphatic rings. The minimum absolute atomic E-state index is 0.0594. The average Bonchev–Trinajstić information content (AvgIpc) is 3.40. The zero-order valence-electron chi connectivity index (χ0n) is 28.0. The summed E-state index contributed by atoms with van der Waals surface area (Å²) in [6.07, 6.45) is 3.41. The summed E-state index contributed by atoms with van der Waals surface area (Å²) in [6.45, 7) is 11.7. The Balaban J connectivity index is 1.55. The van der Waals surface area contributed by atoms with Crippen molar-refractivity contribution in [2.24, 2.45) is 11.8 Å². The number of nitrogens with one attached hydrogen (secondary N) is 3. The fourth-order valence-electron chi connectivity index (χ4n) is 5.50. The second-order valence-corrected chi connectivity index (χ2v) is 12.0. The quantitative estimate of drug-likeness (QED) is 0.0879. The molecule has 4 N–H and O–H groups in total. The number of amides is 3. The molecule has 3 rings (SSSR count). The van der Waals surface area contributed by atoms with Gasteiger partial charge in [0.05, 0.1) is 31.8 Å². The lowest BCUT2D eigenvalue weighted by molar-refractivity contribution is -0.148. The Labute approximate surface area is 283 Å². The molecule has 0 unspecified atom stereocenters. The predicted molar refractivity (Wildman–Crippen MR) is 183 cm³/mol. The smallest absolute Gasteiger partial charge is 0.407 e. The van der Waals surface area contributed by atoms with E-state index in [4.69, 9.17) is 19.3 Å². The summed E-state index contributed by atoms with van der Waals surface area (Å²) in [5.41, 5.74) is 4.38. The highest BCUT2D eigenvalue weighted by atomic mass is 16.6. The van der Waals surface area contributed by atoms with E-state index >= 15 is 0 Å². The van der Waals surface area contributed by atoms with Gasteiger partial charge in [0.2, 0.25) is 11.8 Å². The van der Waals surface area contributed by atoms with Crippen LogP contribution in [-0.2, 0) is 28.6 Å². The summed E-state index contributed by atoms with van der Waals surface area (Å²) in [5, 5.41) is 17.0. The lowest BCUT2D eigenvalue weighted by Crippen LogP contribution is -2.47. The normalized spacial score (nSPS) is 13.8. The molecule has 2 aromatic carbocycles. The Morgan fingerprint density at radius 1 is 0.917 bits per heavy atom. The summed E-state index contributed by atoms with van der Waals surface area (Å²) >= 11 is 0. The van der Waals surface area contributed by atoms with Crippen LogP contribution in [0.1, 0.15) is 56.6 Å². The lowest BCUT2D eigenvalue weighted by Gasteiger charge is -2.26. The topological polar surface area (TPSA) is 152 Å². The molecule has 11 heteroatoms. The minimum atomic E-state index is -0.985. The van der Waals surface area contributed by atoms with Crippen molar-refractivity contribution >= 4 is 23.9 Å². The number of carbonyl (C=O) groups is 4. The number of allylic oxidation sites excluding steroid dienone is 2. The maximum atomic E-state index is 13.2. The van der Waals surface area contributed by atoms with Crippen molar-refractivity contribution < 1.29 is 38.5 Å². The number of carbonyl (C=O) groups excluding carboxylic acids is 4. The predicted octanol–water partition coefficient (Wildman–Crippen LogP) is 4.25. The molecule has 11 nitrogen and oxygen atoms in total. The van der Waals surface area contributed by atoms with Gasteiger partial charge in [-0.1, -0.05) is 74.5 Å². The van der Waals surface area contributed by atoms with Gasteiger partial charge in [-0.15, -0.1) is 13.2 Å². The van der Waals surface area contributed by atoms with Crippen molar-refractivity contribution in [3.63, 3.8) is 0 Å². The highest BCUT2D eigenvalue weighted by molar-refractivity contribution is 5.86. The standard InChI is InChI=1S/C37H49N3O8/c1-5-7-17-32(40-37(45)48-23-31-29-15-10-8-13-27(29)28-14-9-11-16-30(28)31)36(44)47-24-33(25(3)4)39-35(43)26(12-6-2)22-34(42)38-18-20-46-21-19-41/h5-6,8-11,13-16,25-26,31-33,41H,1-2,7,12,17-24H2,3-4H3,(H,38,42)(H,39,43)(H,40,45)/t26-,32-,33+/m0/s1. The molecule has 3 amide bonds. The van der Waals surface area contributed by atoms with Gasteiger partial charge in [-0.3, -0.25) is 9.59 Å². The minimum Gasteiger partial charge on any atom is -0.462 e. The van der Waals surface area contributed by atoms with Crippen molar-refractivity contribution in [2.45, 2.75) is 57.5 Å². The fourth-order valence-corrected chi connectivity index (χ4v) is 5.50. The van der Waals surface area contributed by atoms with Crippen LogP contribution < -0.4 is 16.0 Å². The highest BCUT2D eigenvalue weighted by Gasteiger charge is 2.31. The molecule has 0 radical (unpaired) electrons. The molecule has 0 bridgehead atoms. The zero-order chi connectivity index (χ0) is 34.9. The van der Waals surface area contributed by atoms with Crippen LogP contribution in [0.25, 0.3) is 11.1 Å². The molecule has 0 spiro atoms. The van der Waals surface area contributed by atoms with Crippen LogP contribution >= 0.6 is 0 Å². The lowest BCUT2D eigenvalue weighted by atomic mass is 9.97. The third-order valence-corrected chi connectivity index (χ3v) is 8.18. The number of ether oxygens (including phenoxy) is 3. The molecule has 0 saturated heterocycles. The Morgan fingerprint density at radius 2 is 1.58 bits per heavy atom. The number of benzene rings is 2. The van der Waals surface area contributed by atoms with E-state index in [0.29, 0.717) is 6.42 Å². The molecule has 0 heterocycles. The Bertz CT molecular complexity index is 1350. The van der Waals surface area contributed by atoms with Gasteiger partial charge in [0.15, 0.2) is 0 Å². The number of alkyl carbamates (subject to hydrolysis) is 1. The van der Waals surface area contributed by atoms with E-state index in [0.717, 1.165) is 22.3 Å². The van der Waals surface area contributed by atoms with Gasteiger partial charge in [-0.25, -0.2) is 9.59 Å². The van der Waals surface area contributed by atoms with Crippen molar-refractivity contribution in [1.82, 2.24) is 16.0 Å². The first-order valence-corrected chi connectivity index (χ1v) is 16.5. The number of aliphatic hydroxyl groups is 1. The number of hydrogen-bond acceptors (Lipinski definition) is 8. The van der Waals surface area contributed by atoms with E-state index in [2.05, 4.69) is 41.2 Å². The van der Waals surface area contributed by atoms with Crippen molar-refractivity contribution in [3.05, 3.63) is 85.0 Å². The summed E-state index contributed by atoms with van der Waals surface area (Å²) in [5.74, 6) is -2.24. The maximum absolute atomic E-state index is 13.2. The molecule has 0 saturated carbocycles. The number of fused-ring (bicyclic) bond motifs is 3. The van der Waals surface area contributed by atoms with Crippen LogP contribution in [0.4, 0.5) is 4.79 Å². The van der Waals surface area contributed by atoms with Crippen molar-refractivity contribution in [3.8, 4) is 11.1 Å². The third-order valence-electron chi connectivity index (χ3n) is 8.18. The molecule has 3 atom stereocenters. The third kappa shape index (κ3) is 11.3. The Morgan fingerprint density at radius 3 is 2.19 bits per heavy atom. The summed E-state index contributed by atoms with van der Waals surface area (Å²) < 4.78 is 16.4. The molecule has 0 aromatic heterocycles. The van der Waals surface area contributed by atoms with E-state index < -0.39 is 30.1 Å². The van der Waals surface area contributed by atoms with Crippen molar-refractivity contribution in [1.29, 1.82) is 0 Å². The second kappa shape index (κ2) is 20.0. The maximum Gasteiger partial charge on any atom is 0.407 e. The monoisotopic (exact) mass is 663 g/mol. The number of hydrogen-bond donors (Lipinski definition) is 4. The molecule has 0 aliphatic heterocycles. The second-order valence-electron chi connectivity index (χ2n) is 12.0. The molecular weight excluding hydrogens is 614 g/mol. The van der Waals surface area contributed by atoms with Crippen LogP contribution in [-0.4, -0.2) is 80.6 Å². The highest BCUT2D eigenvalue weighted by Crippen LogP contribution is 2.44. The van der Waals surface area contributed by atoms with E-state index in [1.54, 1.807) is 12.2 Å². The van der Waals surface area contributed by atoms with E-state index in [1.807, 2.05) is 50.2 Å². The van der Waals surface area contributed by atoms with Crippen LogP contribution in [0, 0.1) is 11.8 Å². The summed E-state index contributed by atoms with van der Waals surface area (Å²) in [6, 6.07) is 14.5. The van der Waals surface area contributed by atoms with E-state index in [-0.39, 0.29) is 82.5 Å². The molecule has 0 fully saturated rings. The average molecular weight is 664 g/mol. The van der Waals surface area contributed by atoms with Gasteiger partial charge in [-0.05, 0) is 47.4 Å². The van der Waals surface area contributed by atoms with E-state index in [9.17, 15) is 19.2 Å². The van der Waals surface area contributed by atoms with Gasteiger partial charge in [0.1, 0.15) is 19.3 Å². The fraction of sp³-hybridized carbons (Fsp3) is 0.459. The molecule has 48 heavy (non-hydrogen) atoms. The van der Waals surface area contributed by atoms with Gasteiger partial charge in [-0.2, -0.15) is 0 Å². The number of aliphatic hydroxyl groups excluding tert-OH is 1. The molecule has 2 aromatic rings. The summed E-state index contributed by atoms with van der Waals surface area (Å²) in [4.78, 5) is 51.8. The van der Waals surface area contributed by atoms with Crippen LogP contribution in [0.3, 0.4) is 0 Å². The van der Waals surface area contributed by atoms with Gasteiger partial charge >= 0.3 is 12.1 Å². The Kier molecular flexibility index (Phi) is 15.8. The SMILES string of the molecule is C=CCC[C@H](NC(=O)OCC1c2ccccc2-c2ccccc21)C(=O)OC[C@@H](NC(=O)[C@@H](CC=C)CC(=O)NCCOCCO)C(C)C. The molecule has 260 valence electrons. The van der Waals surface area contributed by atoms with Crippen LogP contribution in [0.2, 0.25) is 0 Å². The zero-order valence-corrected chi connectivity index (χ0v) is 28.0. The van der Waals surface area contributed by atoms with Gasteiger partial charge < -0.3 is 35.3 Å². The first-order chi connectivity index (χ1) is 23.2. The van der Waals surface area contributed by atoms with Crippen LogP contribution in [0.15, 0.2) is 73.8 Å². The van der Waals surface area contributed by atoms with Crippen LogP contribution in [0.5, 0.6) is 0 Å². The number of esters is 1. The molecule has 1 aliphatic carbocycles. The molecular formula is C37H49N3O8. The largest absolute Gasteiger partial charge is 0.462 e. The van der Waals surface area contributed by atoms with Crippen molar-refractivity contribution in [2.75, 3.05) is 39.6 Å².